The number of oxazole rings is 2. The molecule has 2 radical (unpaired) electrons. The Bertz CT molecular complexity index is 7520. The zero-order valence-electron chi connectivity index (χ0n) is 78.8. The van der Waals surface area contributed by atoms with Crippen molar-refractivity contribution in [3.63, 3.8) is 0 Å². The van der Waals surface area contributed by atoms with Gasteiger partial charge in [-0.2, -0.15) is 48.5 Å². The van der Waals surface area contributed by atoms with Crippen LogP contribution >= 0.6 is 22.7 Å². The number of hydrogen-bond acceptors (Lipinski definition) is 16. The smallest absolute Gasteiger partial charge is 0.525 e. The number of carbonyl (C=O) groups is 1. The number of halogens is 1. The van der Waals surface area contributed by atoms with E-state index in [0.29, 0.717) is 29.3 Å². The Labute approximate surface area is 910 Å². The number of aromatic nitrogens is 11. The summed E-state index contributed by atoms with van der Waals surface area (Å²) in [6.45, 7) is 15.5. The third kappa shape index (κ3) is 29.6. The molecule has 0 saturated heterocycles. The van der Waals surface area contributed by atoms with E-state index < -0.39 is 6.10 Å². The summed E-state index contributed by atoms with van der Waals surface area (Å²) in [6, 6.07) is 135. The molecular formula is C120H92FIr3N11O4Pt2S2-3. The van der Waals surface area contributed by atoms with Gasteiger partial charge in [-0.15, -0.1) is 172 Å². The van der Waals surface area contributed by atoms with Gasteiger partial charge in [-0.1, -0.05) is 205 Å². The Hall–Kier alpha value is -13.1. The fourth-order valence-electron chi connectivity index (χ4n) is 15.6. The predicted octanol–water partition coefficient (Wildman–Crippen LogP) is 27.8. The van der Waals surface area contributed by atoms with Crippen LogP contribution < -0.4 is 0 Å². The summed E-state index contributed by atoms with van der Waals surface area (Å²) >= 11 is 3.44. The Morgan fingerprint density at radius 2 is 0.944 bits per heavy atom. The van der Waals surface area contributed by atoms with E-state index in [9.17, 15) is 9.18 Å². The Morgan fingerprint density at radius 3 is 1.49 bits per heavy atom. The summed E-state index contributed by atoms with van der Waals surface area (Å²) in [4.78, 5) is 58.8. The second kappa shape index (κ2) is 54.4. The number of aliphatic hydroxyl groups excluding tert-OH is 1. The average Bonchev–Trinajstić information content (AvgIpc) is 1.41. The first-order valence-electron chi connectivity index (χ1n) is 44.8. The van der Waals surface area contributed by atoms with Crippen LogP contribution in [-0.4, -0.2) is 71.4 Å². The molecule has 0 aliphatic heterocycles. The second-order valence-corrected chi connectivity index (χ2v) is 35.3. The number of nitrogens with zero attached hydrogens (tertiary/aromatic N) is 11. The minimum Gasteiger partial charge on any atom is -0.525 e. The summed E-state index contributed by atoms with van der Waals surface area (Å²) in [5, 5.41) is 13.2. The molecule has 0 bridgehead atoms. The summed E-state index contributed by atoms with van der Waals surface area (Å²) in [7, 11) is 0. The van der Waals surface area contributed by atoms with Gasteiger partial charge < -0.3 is 63.4 Å². The number of aryl methyl sites for hydroxylation is 4. The van der Waals surface area contributed by atoms with Gasteiger partial charge in [-0.25, -0.2) is 38.2 Å². The molecule has 1 N–H and O–H groups in total. The number of carbonyl (C=O) groups excluding carboxylic acids is 1. The topological polar surface area (TPSA) is 197 Å². The van der Waals surface area contributed by atoms with Crippen LogP contribution in [0.5, 0.6) is 0 Å². The van der Waals surface area contributed by atoms with Crippen molar-refractivity contribution >= 4 is 61.0 Å². The molecule has 10 aromatic carbocycles. The zero-order valence-corrected chi connectivity index (χ0v) is 92.1. The van der Waals surface area contributed by atoms with Crippen LogP contribution in [0.1, 0.15) is 88.9 Å². The summed E-state index contributed by atoms with van der Waals surface area (Å²) in [5.41, 5.74) is 23.3. The first kappa shape index (κ1) is 110. The number of Topliss-reactive ketones (excluding diaryl/α,β-unsaturated/α-hetero) is 1. The van der Waals surface area contributed by atoms with Crippen molar-refractivity contribution in [2.24, 2.45) is 0 Å². The molecule has 22 aromatic rings. The molecule has 1 aliphatic carbocycles. The zero-order chi connectivity index (χ0) is 95.5. The van der Waals surface area contributed by atoms with E-state index in [1.807, 2.05) is 249 Å². The first-order chi connectivity index (χ1) is 67.4. The molecule has 1 unspecified atom stereocenters. The minimum atomic E-state index is -0.475. The van der Waals surface area contributed by atoms with Crippen LogP contribution in [0, 0.1) is 94.4 Å². The summed E-state index contributed by atoms with van der Waals surface area (Å²) in [5.74, 6) is 1.83. The number of aliphatic hydroxyl groups is 1. The normalized spacial score (nSPS) is 11.0. The molecule has 23 rings (SSSR count). The van der Waals surface area contributed by atoms with Crippen molar-refractivity contribution in [2.75, 3.05) is 0 Å². The Morgan fingerprint density at radius 1 is 0.448 bits per heavy atom. The largest absolute Gasteiger partial charge is 3.00 e. The van der Waals surface area contributed by atoms with Gasteiger partial charge in [-0.3, -0.25) is 9.78 Å². The fourth-order valence-corrected chi connectivity index (χ4v) is 17.1. The molecule has 720 valence electrons. The van der Waals surface area contributed by atoms with Gasteiger partial charge in [0.1, 0.15) is 5.78 Å². The van der Waals surface area contributed by atoms with Crippen molar-refractivity contribution < 1.29 is 126 Å². The maximum atomic E-state index is 14.4. The fraction of sp³-hybridized carbons (Fsp3) is 0.108. The van der Waals surface area contributed by atoms with Crippen molar-refractivity contribution in [1.29, 1.82) is 0 Å². The maximum absolute atomic E-state index is 14.4. The van der Waals surface area contributed by atoms with Gasteiger partial charge in [0, 0.05) is 135 Å². The Balaban J connectivity index is 0.000000158. The van der Waals surface area contributed by atoms with Gasteiger partial charge in [0.2, 0.25) is 0 Å². The minimum absolute atomic E-state index is 0. The van der Waals surface area contributed by atoms with Crippen molar-refractivity contribution in [3.8, 4) is 106 Å². The number of pyridine rings is 7. The van der Waals surface area contributed by atoms with Crippen molar-refractivity contribution in [1.82, 2.24) is 54.4 Å². The van der Waals surface area contributed by atoms with Gasteiger partial charge in [0.15, 0.2) is 0 Å². The van der Waals surface area contributed by atoms with Crippen molar-refractivity contribution in [2.45, 2.75) is 86.2 Å². The molecule has 0 fully saturated rings. The van der Waals surface area contributed by atoms with Crippen LogP contribution in [0.25, 0.3) is 139 Å². The molecule has 15 nitrogen and oxygen atoms in total. The number of benzene rings is 10. The number of thiophene rings is 2. The number of rotatable bonds is 15. The number of para-hydroxylation sites is 3. The van der Waals surface area contributed by atoms with Crippen LogP contribution in [-0.2, 0) is 125 Å². The second-order valence-electron chi connectivity index (χ2n) is 32.8. The standard InChI is InChI=1S/C21H16N2S2.C19H13F.C19H13N2.C17H10N4O2.C15H10N.C13H12N.C11H8N.C5H10O2.3Ir.2Pt/c1-14-9-11-20(24-14)18-7-3-5-16(22-18)13-17-6-4-8-19(23-17)21-12-10-15(2)25-21;1-19(2)15-10-4-7-12-6-3-8-13(17(12)15)14-9-5-11-16(20)18(14)19;1-3-9-15(10-4-1)19-20-17-13-7-8-14-18(17)21(19)16-11-5-2-6-12-16;1-3-12(20-14(5-1)16-8-18-10-22-16)7-13-4-2-6-15(21-13)17-9-19-11-23-17;1-2-7-13(8-3-1)15-14-9-5-4-6-12(14)10-11-16-15;1-10-4-3-5-12(8-10)13-9-11(2)6-7-14-13;1-2-6-10(7-3-1)11-8-4-5-9-12-11;1-4(6)3-5(2)7;;;;;/h3-10H,13H2,1-2H3;3-7,10-11H,1-2H3;1-9,11-14H;1-6,10-11H,7H2;1-7,9-11H;3-4,6-9H,1-2H3;1-6,8-9H;4,6H,3H2,1-2H3;;;;;/q2*-2;-1;-2;3*-1;;;;+3;2*+2. The van der Waals surface area contributed by atoms with Crippen LogP contribution in [0.3, 0.4) is 0 Å². The van der Waals surface area contributed by atoms with E-state index in [2.05, 4.69) is 227 Å². The molecule has 12 heterocycles. The first-order valence-corrected chi connectivity index (χ1v) is 46.4. The Kier molecular flexibility index (Phi) is 42.0. The van der Waals surface area contributed by atoms with Crippen LogP contribution in [0.4, 0.5) is 4.39 Å². The number of hydrogen-bond donors (Lipinski definition) is 1. The van der Waals surface area contributed by atoms with Crippen molar-refractivity contribution in [3.05, 3.63) is 487 Å². The van der Waals surface area contributed by atoms with Gasteiger partial charge in [-0.05, 0) is 145 Å². The molecule has 0 saturated carbocycles. The monoisotopic (exact) mass is 2800 g/mol. The quantitative estimate of drug-likeness (QED) is 0.0951. The average molecular weight is 2800 g/mol. The van der Waals surface area contributed by atoms with E-state index in [4.69, 9.17) is 28.9 Å². The van der Waals surface area contributed by atoms with Gasteiger partial charge >= 0.3 is 62.2 Å². The van der Waals surface area contributed by atoms with E-state index >= 15 is 0 Å². The third-order valence-electron chi connectivity index (χ3n) is 21.9. The molecule has 12 aromatic heterocycles. The number of fused-ring (bicyclic) bond motifs is 4. The van der Waals surface area contributed by atoms with E-state index in [1.165, 1.54) is 68.2 Å². The SMILES string of the molecule is CC(=O)CC(C)O.CC1(C)c2c([c-]ccc2F)-c2[c-]ccc3cccc1c23.Cc1c[c-]c(-c2cccc(Cc3cccc(-c4[c-]cc(C)s4)n3)n2)s1.Cc1cc[c-]c(-c2cc(C)ccn2)c1.[Ir+3].[Ir].[Ir].[Pt+2].[Pt+2].[c-]1ccccc1-c1ccccn1.[c-]1ccccc1-c1nc2ccccc2n1-c1ccccc1.[c-]1ccccc1-c1nccc2ccccc12.[c-]1ncoc1-c1cccc(Cc2cccc(-c3[c-]nco3)n2)n1. The van der Waals surface area contributed by atoms with Gasteiger partial charge in [0.25, 0.3) is 0 Å². The van der Waals surface area contributed by atoms with Crippen LogP contribution in [0.2, 0.25) is 0 Å². The molecule has 23 heteroatoms. The molecule has 143 heavy (non-hydrogen) atoms. The predicted molar refractivity (Wildman–Crippen MR) is 549 cm³/mol. The third-order valence-corrected chi connectivity index (χ3v) is 23.8. The van der Waals surface area contributed by atoms with E-state index in [-0.39, 0.29) is 126 Å². The molecule has 0 amide bonds. The van der Waals surface area contributed by atoms with Gasteiger partial charge in [0.05, 0.1) is 35.7 Å². The molecular weight excluding hydrogens is 2710 g/mol. The molecule has 0 spiro atoms. The summed E-state index contributed by atoms with van der Waals surface area (Å²) < 4.78 is 27.0. The molecule has 1 aliphatic rings. The molecule has 1 atom stereocenters. The number of imidazole rings is 1. The van der Waals surface area contributed by atoms with E-state index in [1.54, 1.807) is 41.9 Å². The number of ketones is 1. The summed E-state index contributed by atoms with van der Waals surface area (Å²) in [6.07, 6.45) is 14.8. The maximum Gasteiger partial charge on any atom is 3.00 e. The van der Waals surface area contributed by atoms with E-state index in [0.717, 1.165) is 134 Å². The van der Waals surface area contributed by atoms with Crippen LogP contribution in [0.15, 0.2) is 374 Å².